The van der Waals surface area contributed by atoms with Crippen LogP contribution in [0.5, 0.6) is 0 Å². The Morgan fingerprint density at radius 2 is 0.810 bits per heavy atom. The Morgan fingerprint density at radius 3 is 1.15 bits per heavy atom. The number of benzene rings is 2. The highest BCUT2D eigenvalue weighted by Gasteiger charge is 2.75. The lowest BCUT2D eigenvalue weighted by Crippen LogP contribution is -2.59. The molecular weight excluding hydrogens is 1510 g/mol. The Kier molecular flexibility index (Phi) is 30.8. The number of ether oxygens (including phenoxy) is 3. The van der Waals surface area contributed by atoms with Gasteiger partial charge in [-0.05, 0) is 186 Å². The number of thiol groups is 1. The molecule has 2 saturated heterocycles. The van der Waals surface area contributed by atoms with Gasteiger partial charge >= 0.3 is 0 Å². The summed E-state index contributed by atoms with van der Waals surface area (Å²) in [4.78, 5) is 4.99. The number of hydrogen-bond acceptors (Lipinski definition) is 15. The van der Waals surface area contributed by atoms with Gasteiger partial charge in [-0.3, -0.25) is 9.80 Å². The van der Waals surface area contributed by atoms with Crippen molar-refractivity contribution in [2.24, 2.45) is 56.0 Å². The van der Waals surface area contributed by atoms with Gasteiger partial charge < -0.3 is 19.9 Å². The summed E-state index contributed by atoms with van der Waals surface area (Å²) in [5, 5.41) is 1.86. The number of fused-ring (bicyclic) bond motifs is 6. The van der Waals surface area contributed by atoms with Crippen molar-refractivity contribution in [3.8, 4) is 0 Å². The van der Waals surface area contributed by atoms with E-state index >= 15 is 0 Å². The van der Waals surface area contributed by atoms with Crippen LogP contribution in [-0.2, 0) is 55.8 Å². The van der Waals surface area contributed by atoms with E-state index in [1.165, 1.54) is 11.1 Å². The average molecular weight is 1640 g/mol. The van der Waals surface area contributed by atoms with E-state index in [4.69, 9.17) is 32.6 Å². The third kappa shape index (κ3) is 18.0. The van der Waals surface area contributed by atoms with E-state index in [9.17, 15) is 25.3 Å². The van der Waals surface area contributed by atoms with Gasteiger partial charge in [0.25, 0.3) is 0 Å². The maximum atomic E-state index is 14.2. The highest BCUT2D eigenvalue weighted by Crippen LogP contribution is 2.76. The molecule has 2 aromatic carbocycles. The molecule has 15 nitrogen and oxygen atoms in total. The van der Waals surface area contributed by atoms with Gasteiger partial charge in [0.05, 0.1) is 56.9 Å². The molecule has 8 fully saturated rings. The van der Waals surface area contributed by atoms with E-state index < -0.39 is 30.1 Å². The van der Waals surface area contributed by atoms with Gasteiger partial charge in [-0.25, -0.2) is 25.3 Å². The number of sulfonamides is 3. The molecule has 0 spiro atoms. The fourth-order valence-corrected chi connectivity index (χ4v) is 35.0. The van der Waals surface area contributed by atoms with Crippen LogP contribution in [0.2, 0.25) is 0 Å². The lowest BCUT2D eigenvalue weighted by atomic mass is 9.65. The molecule has 6 aliphatic carbocycles. The molecule has 6 bridgehead atoms. The second-order valence-corrected chi connectivity index (χ2v) is 44.9. The summed E-state index contributed by atoms with van der Waals surface area (Å²) in [6.07, 6.45) is 9.42. The SMILES string of the molecule is BrCCOCCBr.CC(C)N(C(C)C)S(=O)(=O)CC12CCC(CC1(CN)SCc1ccccc1)C2(C)C.CC(C)N(C(C)C)S(=O)(=O)CC12CCC(CC1(CN1CCOCC1)SCc1ccccc1)C2(C)C.CC(C)N(C(C)C)S(=O)(=O)CC12CCC(CC1(S)CN1CCOCC1)C2(C)C. The Labute approximate surface area is 640 Å². The molecule has 23 heteroatoms. The van der Waals surface area contributed by atoms with Crippen LogP contribution >= 0.6 is 68.0 Å². The van der Waals surface area contributed by atoms with Gasteiger partial charge in [0.1, 0.15) is 0 Å². The Bertz CT molecular complexity index is 3210. The fraction of sp³-hybridized carbons (Fsp3) is 0.844. The maximum Gasteiger partial charge on any atom is 0.215 e. The quantitative estimate of drug-likeness (QED) is 0.0430. The van der Waals surface area contributed by atoms with Gasteiger partial charge in [-0.15, -0.1) is 23.5 Å². The van der Waals surface area contributed by atoms with Gasteiger partial charge in [0.2, 0.25) is 30.1 Å². The monoisotopic (exact) mass is 1640 g/mol. The predicted molar refractivity (Wildman–Crippen MR) is 433 cm³/mol. The van der Waals surface area contributed by atoms with Gasteiger partial charge in [-0.2, -0.15) is 25.5 Å². The Morgan fingerprint density at radius 1 is 0.500 bits per heavy atom. The molecule has 8 aliphatic rings. The summed E-state index contributed by atoms with van der Waals surface area (Å²) in [7, 11) is -10.2. The van der Waals surface area contributed by atoms with E-state index in [1.54, 1.807) is 12.9 Å². The highest BCUT2D eigenvalue weighted by molar-refractivity contribution is 9.09. The second-order valence-electron chi connectivity index (χ2n) is 34.1. The zero-order valence-corrected chi connectivity index (χ0v) is 72.9. The first-order valence-corrected chi connectivity index (χ1v) is 47.2. The molecule has 9 atom stereocenters. The molecule has 100 heavy (non-hydrogen) atoms. The number of morpholine rings is 2. The third-order valence-corrected chi connectivity index (χ3v) is 37.8. The van der Waals surface area contributed by atoms with E-state index in [2.05, 4.69) is 138 Å². The molecule has 9 unspecified atom stereocenters. The van der Waals surface area contributed by atoms with Gasteiger partial charge in [-0.1, -0.05) is 134 Å². The van der Waals surface area contributed by atoms with Crippen LogP contribution < -0.4 is 5.73 Å². The summed E-state index contributed by atoms with van der Waals surface area (Å²) in [5.41, 5.74) is 8.17. The van der Waals surface area contributed by atoms with Crippen LogP contribution in [0.4, 0.5) is 0 Å². The standard InChI is InChI=1S/C28H46N2O3S2.C24H40N2O2S2.C21H40N2O3S2.C4H8Br2O/c1-22(2)30(23(3)4)35(31,32)21-27-13-12-25(26(27,5)6)18-28(27,20-29-14-16-33-17-15-29)34-19-24-10-8-7-9-11-24;1-18(2)26(19(3)4)30(27,28)17-23-13-12-21(22(23,5)6)14-24(23,16-25)29-15-20-10-8-7-9-11-20;1-16(2)23(17(3)4)28(24,25)15-20-8-7-18(19(20,5)6)13-21(20,27)14-22-9-11-26-12-10-22;5-1-3-7-4-2-6/h7-11,22-23,25H,12-21H2,1-6H3;7-11,18-19,21H,12-17,25H2,1-6H3;16-18,27H,7-15H2,1-6H3;1-4H2. The van der Waals surface area contributed by atoms with Crippen molar-refractivity contribution >= 4 is 98.1 Å². The zero-order valence-electron chi connectivity index (χ0n) is 64.7. The molecule has 576 valence electrons. The van der Waals surface area contributed by atoms with Crippen LogP contribution in [0.15, 0.2) is 60.7 Å². The second kappa shape index (κ2) is 35.3. The minimum atomic E-state index is -3.44. The van der Waals surface area contributed by atoms with E-state index in [0.717, 1.165) is 159 Å². The van der Waals surface area contributed by atoms with Crippen LogP contribution in [0.25, 0.3) is 0 Å². The third-order valence-electron chi connectivity index (χ3n) is 25.9. The average Bonchev–Trinajstić information content (AvgIpc) is 1.53. The Hall–Kier alpha value is -0.0600. The molecule has 2 aromatic rings. The van der Waals surface area contributed by atoms with Crippen molar-refractivity contribution in [2.75, 3.05) is 113 Å². The van der Waals surface area contributed by atoms with Crippen molar-refractivity contribution in [1.82, 2.24) is 22.7 Å². The lowest BCUT2D eigenvalue weighted by Gasteiger charge is -2.53. The molecule has 0 amide bonds. The first-order chi connectivity index (χ1) is 46.6. The van der Waals surface area contributed by atoms with E-state index in [0.29, 0.717) is 24.3 Å². The van der Waals surface area contributed by atoms with E-state index in [1.807, 2.05) is 113 Å². The lowest BCUT2D eigenvalue weighted by molar-refractivity contribution is 0.0183. The van der Waals surface area contributed by atoms with Gasteiger partial charge in [0, 0.05) is 135 Å². The number of rotatable bonds is 30. The maximum absolute atomic E-state index is 14.2. The van der Waals surface area contributed by atoms with Gasteiger partial charge in [0.15, 0.2) is 0 Å². The molecule has 2 aliphatic heterocycles. The van der Waals surface area contributed by atoms with Crippen LogP contribution in [0.3, 0.4) is 0 Å². The Balaban J connectivity index is 0.000000202. The molecule has 10 rings (SSSR count). The van der Waals surface area contributed by atoms with E-state index in [-0.39, 0.29) is 100 Å². The minimum Gasteiger partial charge on any atom is -0.380 e. The summed E-state index contributed by atoms with van der Waals surface area (Å²) in [6.45, 7) is 48.6. The summed E-state index contributed by atoms with van der Waals surface area (Å²) >= 11 is 15.7. The number of thioether (sulfide) groups is 2. The number of hydrogen-bond donors (Lipinski definition) is 2. The summed E-state index contributed by atoms with van der Waals surface area (Å²) in [6, 6.07) is 20.9. The van der Waals surface area contributed by atoms with Crippen molar-refractivity contribution < 1.29 is 39.5 Å². The molecule has 0 aromatic heterocycles. The van der Waals surface area contributed by atoms with Crippen molar-refractivity contribution in [1.29, 1.82) is 0 Å². The van der Waals surface area contributed by atoms with Crippen LogP contribution in [-0.4, -0.2) is 212 Å². The number of alkyl halides is 2. The first-order valence-electron chi connectivity index (χ1n) is 37.8. The molecule has 6 saturated carbocycles. The molecule has 0 radical (unpaired) electrons. The minimum absolute atomic E-state index is 0.0182. The highest BCUT2D eigenvalue weighted by atomic mass is 79.9. The van der Waals surface area contributed by atoms with Crippen LogP contribution in [0, 0.1) is 50.2 Å². The number of nitrogens with zero attached hydrogens (tertiary/aromatic N) is 5. The summed E-state index contributed by atoms with van der Waals surface area (Å²) in [5.74, 6) is 4.13. The molecule has 2 heterocycles. The van der Waals surface area contributed by atoms with Crippen molar-refractivity contribution in [3.63, 3.8) is 0 Å². The largest absolute Gasteiger partial charge is 0.380 e. The summed E-state index contributed by atoms with van der Waals surface area (Å²) < 4.78 is 104. The first kappa shape index (κ1) is 87.2. The zero-order chi connectivity index (χ0) is 74.4. The smallest absolute Gasteiger partial charge is 0.215 e. The number of nitrogens with two attached hydrogens (primary N) is 1. The normalized spacial score (nSPS) is 30.9. The molecule has 2 N–H and O–H groups in total. The fourth-order valence-electron chi connectivity index (χ4n) is 21.1. The number of halogens is 2. The van der Waals surface area contributed by atoms with Crippen molar-refractivity contribution in [3.05, 3.63) is 71.8 Å². The predicted octanol–water partition coefficient (Wildman–Crippen LogP) is 15.2. The van der Waals surface area contributed by atoms with Crippen LogP contribution in [0.1, 0.15) is 194 Å². The molecular formula is C77H134Br2N6O9S6. The topological polar surface area (TPSA) is 172 Å². The van der Waals surface area contributed by atoms with Crippen molar-refractivity contribution in [2.45, 2.75) is 244 Å².